The number of rotatable bonds is 0. The van der Waals surface area contributed by atoms with E-state index in [-0.39, 0.29) is 5.54 Å². The van der Waals surface area contributed by atoms with Crippen LogP contribution in [-0.4, -0.2) is 22.9 Å². The highest BCUT2D eigenvalue weighted by molar-refractivity contribution is 5.78. The van der Waals surface area contributed by atoms with Crippen LogP contribution in [0.3, 0.4) is 0 Å². The highest BCUT2D eigenvalue weighted by atomic mass is 15.3. The molecule has 0 fully saturated rings. The van der Waals surface area contributed by atoms with Crippen molar-refractivity contribution in [3.8, 4) is 0 Å². The normalized spacial score (nSPS) is 16.9. The summed E-state index contributed by atoms with van der Waals surface area (Å²) in [6, 6.07) is 8.55. The number of hydrogen-bond acceptors (Lipinski definition) is 1. The fraction of sp³-hybridized carbons (Fsp3) is 0.500. The first-order valence-corrected chi connectivity index (χ1v) is 6.13. The molecule has 0 saturated carbocycles. The molecule has 0 amide bonds. The zero-order valence-corrected chi connectivity index (χ0v) is 10.9. The maximum Gasteiger partial charge on any atom is 0.192 e. The number of guanidine groups is 1. The molecule has 1 aliphatic heterocycles. The molecule has 0 spiro atoms. The predicted molar refractivity (Wildman–Crippen MR) is 71.9 cm³/mol. The summed E-state index contributed by atoms with van der Waals surface area (Å²) in [5.74, 6) is 0.659. The molecule has 3 heteroatoms. The van der Waals surface area contributed by atoms with Crippen molar-refractivity contribution in [2.24, 2.45) is 10.7 Å². The summed E-state index contributed by atoms with van der Waals surface area (Å²) in [5.41, 5.74) is 8.76. The summed E-state index contributed by atoms with van der Waals surface area (Å²) in [4.78, 5) is 6.69. The van der Waals surface area contributed by atoms with Crippen LogP contribution in [0.2, 0.25) is 0 Å². The molecule has 0 aliphatic carbocycles. The largest absolute Gasteiger partial charge is 0.370 e. The minimum Gasteiger partial charge on any atom is -0.370 e. The van der Waals surface area contributed by atoms with E-state index in [1.807, 2.05) is 0 Å². The average Bonchev–Trinajstić information content (AvgIpc) is 2.26. The molecular formula is C14H21N3. The molecule has 1 heterocycles. The van der Waals surface area contributed by atoms with E-state index in [4.69, 9.17) is 5.73 Å². The molecule has 0 saturated heterocycles. The van der Waals surface area contributed by atoms with Gasteiger partial charge in [-0.3, -0.25) is 0 Å². The lowest BCUT2D eigenvalue weighted by molar-refractivity contribution is 0.382. The Morgan fingerprint density at radius 1 is 1.24 bits per heavy atom. The lowest BCUT2D eigenvalue weighted by atomic mass is 10.0. The van der Waals surface area contributed by atoms with Gasteiger partial charge < -0.3 is 10.6 Å². The molecular weight excluding hydrogens is 210 g/mol. The molecule has 2 rings (SSSR count). The summed E-state index contributed by atoms with van der Waals surface area (Å²) in [6.45, 7) is 8.04. The maximum atomic E-state index is 6.07. The van der Waals surface area contributed by atoms with Gasteiger partial charge in [-0.05, 0) is 38.3 Å². The van der Waals surface area contributed by atoms with Gasteiger partial charge in [-0.2, -0.15) is 0 Å². The van der Waals surface area contributed by atoms with Gasteiger partial charge in [-0.25, -0.2) is 4.99 Å². The van der Waals surface area contributed by atoms with E-state index in [1.165, 1.54) is 11.1 Å². The van der Waals surface area contributed by atoms with Crippen LogP contribution in [0.4, 0.5) is 0 Å². The minimum atomic E-state index is -0.110. The first kappa shape index (κ1) is 12.0. The number of nitrogens with zero attached hydrogens (tertiary/aromatic N) is 2. The predicted octanol–water partition coefficient (Wildman–Crippen LogP) is 2.16. The first-order valence-electron chi connectivity index (χ1n) is 6.13. The van der Waals surface area contributed by atoms with Crippen molar-refractivity contribution in [1.29, 1.82) is 0 Å². The molecule has 92 valence electrons. The third-order valence-electron chi connectivity index (χ3n) is 2.90. The second-order valence-electron chi connectivity index (χ2n) is 5.58. The summed E-state index contributed by atoms with van der Waals surface area (Å²) in [5, 5.41) is 0. The molecule has 0 aromatic heterocycles. The molecule has 1 aliphatic rings. The molecule has 0 unspecified atom stereocenters. The van der Waals surface area contributed by atoms with Crippen LogP contribution in [0, 0.1) is 0 Å². The number of aliphatic imine (C=N–C) groups is 1. The van der Waals surface area contributed by atoms with E-state index < -0.39 is 0 Å². The highest BCUT2D eigenvalue weighted by Crippen LogP contribution is 2.18. The van der Waals surface area contributed by atoms with E-state index in [0.29, 0.717) is 5.96 Å². The summed E-state index contributed by atoms with van der Waals surface area (Å²) >= 11 is 0. The van der Waals surface area contributed by atoms with Gasteiger partial charge in [0, 0.05) is 13.1 Å². The Balaban J connectivity index is 2.15. The Labute approximate surface area is 103 Å². The van der Waals surface area contributed by atoms with Crippen LogP contribution >= 0.6 is 0 Å². The molecule has 17 heavy (non-hydrogen) atoms. The number of hydrogen-bond donors (Lipinski definition) is 1. The lowest BCUT2D eigenvalue weighted by Gasteiger charge is -2.30. The van der Waals surface area contributed by atoms with Crippen molar-refractivity contribution in [2.45, 2.75) is 39.3 Å². The summed E-state index contributed by atoms with van der Waals surface area (Å²) < 4.78 is 0. The van der Waals surface area contributed by atoms with E-state index in [2.05, 4.69) is 54.9 Å². The second-order valence-corrected chi connectivity index (χ2v) is 5.58. The topological polar surface area (TPSA) is 41.6 Å². The van der Waals surface area contributed by atoms with E-state index in [0.717, 1.165) is 19.5 Å². The lowest BCUT2D eigenvalue weighted by Crippen LogP contribution is -2.42. The first-order chi connectivity index (χ1) is 7.96. The smallest absolute Gasteiger partial charge is 0.192 e. The maximum absolute atomic E-state index is 6.07. The van der Waals surface area contributed by atoms with Gasteiger partial charge in [0.25, 0.3) is 0 Å². The van der Waals surface area contributed by atoms with Gasteiger partial charge in [0.1, 0.15) is 0 Å². The summed E-state index contributed by atoms with van der Waals surface area (Å²) in [7, 11) is 0. The van der Waals surface area contributed by atoms with Crippen molar-refractivity contribution >= 4 is 5.96 Å². The molecule has 0 bridgehead atoms. The SMILES string of the molecule is CC(C)(C)N=C(N)N1CCc2ccccc2C1. The highest BCUT2D eigenvalue weighted by Gasteiger charge is 2.18. The van der Waals surface area contributed by atoms with Gasteiger partial charge in [0.2, 0.25) is 0 Å². The average molecular weight is 231 g/mol. The zero-order chi connectivity index (χ0) is 12.5. The minimum absolute atomic E-state index is 0.110. The molecule has 1 aromatic carbocycles. The van der Waals surface area contributed by atoms with Crippen molar-refractivity contribution in [3.63, 3.8) is 0 Å². The van der Waals surface area contributed by atoms with Crippen LogP contribution in [-0.2, 0) is 13.0 Å². The fourth-order valence-corrected chi connectivity index (χ4v) is 2.11. The quantitative estimate of drug-likeness (QED) is 0.549. The van der Waals surface area contributed by atoms with Gasteiger partial charge in [0.05, 0.1) is 5.54 Å². The molecule has 1 aromatic rings. The monoisotopic (exact) mass is 231 g/mol. The number of benzene rings is 1. The molecule has 0 radical (unpaired) electrons. The van der Waals surface area contributed by atoms with Crippen molar-refractivity contribution < 1.29 is 0 Å². The standard InChI is InChI=1S/C14H21N3/c1-14(2,3)16-13(15)17-9-8-11-6-4-5-7-12(11)10-17/h4-7H,8-10H2,1-3H3,(H2,15,16). The van der Waals surface area contributed by atoms with Gasteiger partial charge >= 0.3 is 0 Å². The van der Waals surface area contributed by atoms with Crippen LogP contribution in [0.25, 0.3) is 0 Å². The van der Waals surface area contributed by atoms with Crippen LogP contribution < -0.4 is 5.73 Å². The Hall–Kier alpha value is -1.51. The van der Waals surface area contributed by atoms with Crippen molar-refractivity contribution in [1.82, 2.24) is 4.90 Å². The van der Waals surface area contributed by atoms with Gasteiger partial charge in [-0.15, -0.1) is 0 Å². The van der Waals surface area contributed by atoms with Crippen LogP contribution in [0.15, 0.2) is 29.3 Å². The Kier molecular flexibility index (Phi) is 3.09. The molecule has 2 N–H and O–H groups in total. The van der Waals surface area contributed by atoms with Crippen LogP contribution in [0.5, 0.6) is 0 Å². The number of nitrogens with two attached hydrogens (primary N) is 1. The Morgan fingerprint density at radius 2 is 1.88 bits per heavy atom. The third-order valence-corrected chi connectivity index (χ3v) is 2.90. The van der Waals surface area contributed by atoms with E-state index in [9.17, 15) is 0 Å². The molecule has 3 nitrogen and oxygen atoms in total. The van der Waals surface area contributed by atoms with Gasteiger partial charge in [-0.1, -0.05) is 24.3 Å². The third kappa shape index (κ3) is 2.99. The fourth-order valence-electron chi connectivity index (χ4n) is 2.11. The molecule has 0 atom stereocenters. The van der Waals surface area contributed by atoms with E-state index >= 15 is 0 Å². The second kappa shape index (κ2) is 4.40. The van der Waals surface area contributed by atoms with Crippen LogP contribution in [0.1, 0.15) is 31.9 Å². The Morgan fingerprint density at radius 3 is 2.53 bits per heavy atom. The summed E-state index contributed by atoms with van der Waals surface area (Å²) in [6.07, 6.45) is 1.05. The van der Waals surface area contributed by atoms with Crippen molar-refractivity contribution in [3.05, 3.63) is 35.4 Å². The van der Waals surface area contributed by atoms with Crippen molar-refractivity contribution in [2.75, 3.05) is 6.54 Å². The number of fused-ring (bicyclic) bond motifs is 1. The Bertz CT molecular complexity index is 429. The zero-order valence-electron chi connectivity index (χ0n) is 10.9. The van der Waals surface area contributed by atoms with Gasteiger partial charge in [0.15, 0.2) is 5.96 Å². The van der Waals surface area contributed by atoms with E-state index in [1.54, 1.807) is 0 Å².